The van der Waals surface area contributed by atoms with Gasteiger partial charge in [-0.2, -0.15) is 0 Å². The quantitative estimate of drug-likeness (QED) is 0.848. The zero-order valence-corrected chi connectivity index (χ0v) is 14.2. The van der Waals surface area contributed by atoms with Crippen LogP contribution in [0.2, 0.25) is 0 Å². The lowest BCUT2D eigenvalue weighted by Crippen LogP contribution is -2.31. The van der Waals surface area contributed by atoms with Crippen LogP contribution in [-0.4, -0.2) is 25.1 Å². The number of hydrogen-bond donors (Lipinski definition) is 1. The number of ether oxygens (including phenoxy) is 1. The Labute approximate surface area is 141 Å². The van der Waals surface area contributed by atoms with Crippen molar-refractivity contribution in [3.05, 3.63) is 58.1 Å². The van der Waals surface area contributed by atoms with Crippen molar-refractivity contribution in [1.29, 1.82) is 0 Å². The van der Waals surface area contributed by atoms with E-state index in [2.05, 4.69) is 26.0 Å². The molecule has 0 saturated heterocycles. The zero-order valence-electron chi connectivity index (χ0n) is 12.6. The summed E-state index contributed by atoms with van der Waals surface area (Å²) in [5.41, 5.74) is 0.932. The van der Waals surface area contributed by atoms with E-state index in [0.717, 1.165) is 22.2 Å². The van der Waals surface area contributed by atoms with Gasteiger partial charge >= 0.3 is 6.03 Å². The molecule has 0 unspecified atom stereocenters. The van der Waals surface area contributed by atoms with Crippen LogP contribution in [0.5, 0.6) is 5.75 Å². The maximum absolute atomic E-state index is 13.6. The van der Waals surface area contributed by atoms with E-state index in [-0.39, 0.29) is 5.69 Å². The van der Waals surface area contributed by atoms with E-state index in [9.17, 15) is 13.6 Å². The molecule has 0 aliphatic rings. The van der Waals surface area contributed by atoms with Crippen molar-refractivity contribution in [2.45, 2.75) is 6.54 Å². The minimum Gasteiger partial charge on any atom is -0.491 e. The maximum atomic E-state index is 13.6. The predicted molar refractivity (Wildman–Crippen MR) is 87.5 cm³/mol. The van der Waals surface area contributed by atoms with Gasteiger partial charge in [-0.05, 0) is 11.6 Å². The van der Waals surface area contributed by atoms with Gasteiger partial charge < -0.3 is 15.0 Å². The highest BCUT2D eigenvalue weighted by molar-refractivity contribution is 9.10. The molecule has 0 radical (unpaired) electrons. The Hall–Kier alpha value is -2.15. The van der Waals surface area contributed by atoms with E-state index < -0.39 is 23.4 Å². The summed E-state index contributed by atoms with van der Waals surface area (Å²) >= 11 is 3.40. The summed E-state index contributed by atoms with van der Waals surface area (Å²) in [7, 11) is 2.76. The third-order valence-electron chi connectivity index (χ3n) is 3.17. The third kappa shape index (κ3) is 4.19. The molecule has 0 fully saturated rings. The minimum absolute atomic E-state index is 0.0183. The molecule has 0 heterocycles. The van der Waals surface area contributed by atoms with Gasteiger partial charge in [-0.3, -0.25) is 0 Å². The van der Waals surface area contributed by atoms with Gasteiger partial charge in [-0.1, -0.05) is 34.1 Å². The number of urea groups is 1. The van der Waals surface area contributed by atoms with Crippen LogP contribution < -0.4 is 10.1 Å². The molecule has 0 atom stereocenters. The SMILES string of the molecule is COc1c(F)cc(NC(=O)N(C)Cc2ccccc2Br)cc1F. The Morgan fingerprint density at radius 1 is 1.26 bits per heavy atom. The van der Waals surface area contributed by atoms with Crippen LogP contribution in [0.3, 0.4) is 0 Å². The molecular formula is C16H15BrF2N2O2. The molecule has 23 heavy (non-hydrogen) atoms. The van der Waals surface area contributed by atoms with Gasteiger partial charge in [0.1, 0.15) is 0 Å². The Kier molecular flexibility index (Phi) is 5.54. The van der Waals surface area contributed by atoms with Crippen molar-refractivity contribution >= 4 is 27.6 Å². The van der Waals surface area contributed by atoms with Crippen LogP contribution in [-0.2, 0) is 6.54 Å². The number of methoxy groups -OCH3 is 1. The summed E-state index contributed by atoms with van der Waals surface area (Å²) in [6.07, 6.45) is 0. The predicted octanol–water partition coefficient (Wildman–Crippen LogP) is 4.40. The second kappa shape index (κ2) is 7.41. The van der Waals surface area contributed by atoms with E-state index in [1.54, 1.807) is 7.05 Å². The summed E-state index contributed by atoms with van der Waals surface area (Å²) < 4.78 is 32.7. The number of carbonyl (C=O) groups is 1. The number of hydrogen-bond acceptors (Lipinski definition) is 2. The molecule has 0 aliphatic carbocycles. The number of rotatable bonds is 4. The fourth-order valence-corrected chi connectivity index (χ4v) is 2.41. The summed E-state index contributed by atoms with van der Waals surface area (Å²) in [6, 6.07) is 9.01. The molecule has 2 rings (SSSR count). The summed E-state index contributed by atoms with van der Waals surface area (Å²) in [4.78, 5) is 13.5. The highest BCUT2D eigenvalue weighted by atomic mass is 79.9. The van der Waals surface area contributed by atoms with Crippen molar-refractivity contribution < 1.29 is 18.3 Å². The van der Waals surface area contributed by atoms with Gasteiger partial charge in [-0.15, -0.1) is 0 Å². The number of halogens is 3. The normalized spacial score (nSPS) is 10.3. The van der Waals surface area contributed by atoms with E-state index >= 15 is 0 Å². The molecule has 0 aliphatic heterocycles. The molecule has 0 spiro atoms. The summed E-state index contributed by atoms with van der Waals surface area (Å²) in [5, 5.41) is 2.45. The molecule has 0 bridgehead atoms. The van der Waals surface area contributed by atoms with Gasteiger partial charge in [0.25, 0.3) is 0 Å². The maximum Gasteiger partial charge on any atom is 0.321 e. The Morgan fingerprint density at radius 3 is 2.43 bits per heavy atom. The monoisotopic (exact) mass is 384 g/mol. The van der Waals surface area contributed by atoms with Crippen LogP contribution in [0, 0.1) is 11.6 Å². The van der Waals surface area contributed by atoms with Crippen LogP contribution in [0.1, 0.15) is 5.56 Å². The molecule has 4 nitrogen and oxygen atoms in total. The zero-order chi connectivity index (χ0) is 17.0. The van der Waals surface area contributed by atoms with Gasteiger partial charge in [0, 0.05) is 35.9 Å². The minimum atomic E-state index is -0.878. The first-order chi connectivity index (χ1) is 10.9. The molecule has 122 valence electrons. The van der Waals surface area contributed by atoms with E-state index in [1.807, 2.05) is 24.3 Å². The van der Waals surface area contributed by atoms with Gasteiger partial charge in [0.2, 0.25) is 0 Å². The highest BCUT2D eigenvalue weighted by Crippen LogP contribution is 2.25. The molecule has 7 heteroatoms. The number of carbonyl (C=O) groups excluding carboxylic acids is 1. The molecule has 0 saturated carbocycles. The van der Waals surface area contributed by atoms with Crippen LogP contribution in [0.15, 0.2) is 40.9 Å². The molecule has 2 aromatic rings. The number of benzene rings is 2. The lowest BCUT2D eigenvalue weighted by molar-refractivity contribution is 0.220. The molecule has 2 aromatic carbocycles. The fourth-order valence-electron chi connectivity index (χ4n) is 2.00. The first-order valence-electron chi connectivity index (χ1n) is 6.71. The number of anilines is 1. The highest BCUT2D eigenvalue weighted by Gasteiger charge is 2.15. The lowest BCUT2D eigenvalue weighted by atomic mass is 10.2. The van der Waals surface area contributed by atoms with Crippen molar-refractivity contribution in [1.82, 2.24) is 4.90 Å². The smallest absolute Gasteiger partial charge is 0.321 e. The molecular weight excluding hydrogens is 370 g/mol. The van der Waals surface area contributed by atoms with Crippen LogP contribution >= 0.6 is 15.9 Å². The molecule has 1 N–H and O–H groups in total. The van der Waals surface area contributed by atoms with Crippen molar-refractivity contribution in [2.24, 2.45) is 0 Å². The van der Waals surface area contributed by atoms with Crippen molar-refractivity contribution in [3.8, 4) is 5.75 Å². The second-order valence-electron chi connectivity index (χ2n) is 4.85. The molecule has 2 amide bonds. The first-order valence-corrected chi connectivity index (χ1v) is 7.50. The number of amides is 2. The average Bonchev–Trinajstić information content (AvgIpc) is 2.49. The van der Waals surface area contributed by atoms with Crippen LogP contribution in [0.4, 0.5) is 19.3 Å². The summed E-state index contributed by atoms with van der Waals surface area (Å²) in [5.74, 6) is -2.24. The lowest BCUT2D eigenvalue weighted by Gasteiger charge is -2.19. The topological polar surface area (TPSA) is 41.6 Å². The van der Waals surface area contributed by atoms with E-state index in [1.165, 1.54) is 12.0 Å². The largest absolute Gasteiger partial charge is 0.491 e. The number of nitrogens with zero attached hydrogens (tertiary/aromatic N) is 1. The fraction of sp³-hybridized carbons (Fsp3) is 0.188. The van der Waals surface area contributed by atoms with Gasteiger partial charge in [0.05, 0.1) is 7.11 Å². The number of nitrogens with one attached hydrogen (secondary N) is 1. The molecule has 0 aromatic heterocycles. The van der Waals surface area contributed by atoms with Crippen molar-refractivity contribution in [3.63, 3.8) is 0 Å². The Balaban J connectivity index is 2.08. The van der Waals surface area contributed by atoms with E-state index in [0.29, 0.717) is 6.54 Å². The van der Waals surface area contributed by atoms with Gasteiger partial charge in [-0.25, -0.2) is 13.6 Å². The standard InChI is InChI=1S/C16H15BrF2N2O2/c1-21(9-10-5-3-4-6-12(10)17)16(22)20-11-7-13(18)15(23-2)14(19)8-11/h3-8H,9H2,1-2H3,(H,20,22). The second-order valence-corrected chi connectivity index (χ2v) is 5.71. The first kappa shape index (κ1) is 17.2. The Morgan fingerprint density at radius 2 is 1.87 bits per heavy atom. The average molecular weight is 385 g/mol. The van der Waals surface area contributed by atoms with Gasteiger partial charge in [0.15, 0.2) is 17.4 Å². The van der Waals surface area contributed by atoms with Crippen molar-refractivity contribution in [2.75, 3.05) is 19.5 Å². The third-order valence-corrected chi connectivity index (χ3v) is 3.94. The Bertz CT molecular complexity index is 702. The van der Waals surface area contributed by atoms with Crippen LogP contribution in [0.25, 0.3) is 0 Å². The summed E-state index contributed by atoms with van der Waals surface area (Å²) in [6.45, 7) is 0.342. The van der Waals surface area contributed by atoms with E-state index in [4.69, 9.17) is 0 Å².